The van der Waals surface area contributed by atoms with E-state index in [1.54, 1.807) is 0 Å². The molecule has 1 saturated heterocycles. The fourth-order valence-electron chi connectivity index (χ4n) is 4.75. The van der Waals surface area contributed by atoms with E-state index >= 15 is 0 Å². The predicted molar refractivity (Wildman–Crippen MR) is 119 cm³/mol. The van der Waals surface area contributed by atoms with E-state index in [1.807, 2.05) is 18.2 Å². The second kappa shape index (κ2) is 9.78. The van der Waals surface area contributed by atoms with Crippen molar-refractivity contribution in [3.63, 3.8) is 0 Å². The Balaban J connectivity index is 1.40. The quantitative estimate of drug-likeness (QED) is 0.563. The summed E-state index contributed by atoms with van der Waals surface area (Å²) in [6.45, 7) is 6.45. The van der Waals surface area contributed by atoms with Crippen LogP contribution in [-0.2, 0) is 16.1 Å². The van der Waals surface area contributed by atoms with Gasteiger partial charge in [0.1, 0.15) is 5.75 Å². The minimum Gasteiger partial charge on any atom is -0.493 e. The number of carbonyl (C=O) groups is 1. The van der Waals surface area contributed by atoms with Gasteiger partial charge in [0, 0.05) is 30.0 Å². The van der Waals surface area contributed by atoms with Crippen LogP contribution in [-0.4, -0.2) is 41.1 Å². The van der Waals surface area contributed by atoms with Gasteiger partial charge >= 0.3 is 0 Å². The minimum atomic E-state index is 0.246. The normalized spacial score (nSPS) is 22.1. The van der Waals surface area contributed by atoms with Gasteiger partial charge in [0.05, 0.1) is 30.5 Å². The molecule has 0 unspecified atom stereocenters. The third-order valence-electron chi connectivity index (χ3n) is 6.57. The molecular formula is C25H34N2O3. The minimum absolute atomic E-state index is 0.246. The molecule has 5 nitrogen and oxygen atoms in total. The molecule has 1 saturated carbocycles. The zero-order valence-corrected chi connectivity index (χ0v) is 18.4. The van der Waals surface area contributed by atoms with Crippen molar-refractivity contribution in [1.29, 1.82) is 0 Å². The van der Waals surface area contributed by atoms with Crippen LogP contribution in [0.25, 0.3) is 10.9 Å². The number of hydrogen-bond donors (Lipinski definition) is 0. The molecule has 1 aliphatic heterocycles. The molecule has 1 aliphatic carbocycles. The summed E-state index contributed by atoms with van der Waals surface area (Å²) in [6.07, 6.45) is 8.28. The number of carbonyl (C=O) groups excluding carboxylic acids is 1. The molecule has 162 valence electrons. The van der Waals surface area contributed by atoms with Gasteiger partial charge < -0.3 is 14.4 Å². The van der Waals surface area contributed by atoms with E-state index in [-0.39, 0.29) is 6.10 Å². The molecule has 2 fully saturated rings. The van der Waals surface area contributed by atoms with Crippen molar-refractivity contribution >= 4 is 16.8 Å². The monoisotopic (exact) mass is 410 g/mol. The molecule has 5 heteroatoms. The van der Waals surface area contributed by atoms with Gasteiger partial charge in [-0.1, -0.05) is 25.5 Å². The molecular weight excluding hydrogens is 376 g/mol. The number of fused-ring (bicyclic) bond motifs is 1. The van der Waals surface area contributed by atoms with Gasteiger partial charge in [0.2, 0.25) is 5.91 Å². The highest BCUT2D eigenvalue weighted by Gasteiger charge is 2.31. The van der Waals surface area contributed by atoms with Gasteiger partial charge in [-0.2, -0.15) is 0 Å². The van der Waals surface area contributed by atoms with E-state index in [4.69, 9.17) is 14.5 Å². The lowest BCUT2D eigenvalue weighted by atomic mass is 9.92. The van der Waals surface area contributed by atoms with Crippen molar-refractivity contribution in [3.05, 3.63) is 35.5 Å². The Labute approximate surface area is 179 Å². The summed E-state index contributed by atoms with van der Waals surface area (Å²) in [5.41, 5.74) is 3.02. The maximum absolute atomic E-state index is 12.0. The average molecular weight is 411 g/mol. The van der Waals surface area contributed by atoms with Gasteiger partial charge in [-0.25, -0.2) is 4.98 Å². The first-order valence-corrected chi connectivity index (χ1v) is 11.6. The largest absolute Gasteiger partial charge is 0.493 e. The number of pyridine rings is 1. The average Bonchev–Trinajstić information content (AvgIpc) is 3.20. The van der Waals surface area contributed by atoms with Crippen molar-refractivity contribution in [2.75, 3.05) is 13.2 Å². The molecule has 2 aliphatic rings. The molecule has 0 atom stereocenters. The highest BCUT2D eigenvalue weighted by molar-refractivity contribution is 5.86. The second-order valence-corrected chi connectivity index (χ2v) is 8.66. The van der Waals surface area contributed by atoms with Crippen LogP contribution in [0, 0.1) is 6.92 Å². The van der Waals surface area contributed by atoms with E-state index < -0.39 is 0 Å². The van der Waals surface area contributed by atoms with Crippen LogP contribution in [0.3, 0.4) is 0 Å². The van der Waals surface area contributed by atoms with Gasteiger partial charge in [-0.3, -0.25) is 4.79 Å². The molecule has 30 heavy (non-hydrogen) atoms. The zero-order valence-electron chi connectivity index (χ0n) is 18.4. The van der Waals surface area contributed by atoms with Crippen LogP contribution in [0.5, 0.6) is 5.75 Å². The van der Waals surface area contributed by atoms with Crippen LogP contribution in [0.15, 0.2) is 24.3 Å². The summed E-state index contributed by atoms with van der Waals surface area (Å²) in [5, 5.41) is 1.07. The molecule has 1 amide bonds. The fraction of sp³-hybridized carbons (Fsp3) is 0.600. The lowest BCUT2D eigenvalue weighted by Crippen LogP contribution is -2.40. The van der Waals surface area contributed by atoms with Crippen molar-refractivity contribution in [2.45, 2.75) is 84.0 Å². The van der Waals surface area contributed by atoms with Crippen molar-refractivity contribution in [1.82, 2.24) is 9.88 Å². The first kappa shape index (κ1) is 21.1. The number of ether oxygens (including phenoxy) is 2. The van der Waals surface area contributed by atoms with E-state index in [1.165, 1.54) is 0 Å². The van der Waals surface area contributed by atoms with E-state index in [2.05, 4.69) is 24.8 Å². The van der Waals surface area contributed by atoms with Crippen LogP contribution >= 0.6 is 0 Å². The maximum atomic E-state index is 12.0. The molecule has 0 radical (unpaired) electrons. The topological polar surface area (TPSA) is 51.7 Å². The molecule has 4 rings (SSSR count). The molecule has 0 N–H and O–H groups in total. The Bertz CT molecular complexity index is 874. The van der Waals surface area contributed by atoms with Gasteiger partial charge in [-0.05, 0) is 57.6 Å². The molecule has 2 heterocycles. The molecule has 0 bridgehead atoms. The Hall–Kier alpha value is -2.14. The van der Waals surface area contributed by atoms with Crippen LogP contribution in [0.4, 0.5) is 0 Å². The number of nitrogens with zero attached hydrogens (tertiary/aromatic N) is 2. The number of unbranched alkanes of at least 4 members (excludes halogenated alkanes) is 1. The highest BCUT2D eigenvalue weighted by atomic mass is 16.5. The predicted octanol–water partition coefficient (Wildman–Crippen LogP) is 5.17. The van der Waals surface area contributed by atoms with Gasteiger partial charge in [0.25, 0.3) is 0 Å². The SMILES string of the molecule is CCCCOc1c(C)c(COC2CCC(N3CCCC3=O)CC2)nc2ccccc12. The molecule has 1 aromatic heterocycles. The van der Waals surface area contributed by atoms with Crippen LogP contribution < -0.4 is 4.74 Å². The number of hydrogen-bond acceptors (Lipinski definition) is 4. The summed E-state index contributed by atoms with van der Waals surface area (Å²) < 4.78 is 12.5. The third kappa shape index (κ3) is 4.61. The number of benzene rings is 1. The van der Waals surface area contributed by atoms with E-state index in [0.29, 0.717) is 18.6 Å². The number of amides is 1. The fourth-order valence-corrected chi connectivity index (χ4v) is 4.75. The Morgan fingerprint density at radius 2 is 1.97 bits per heavy atom. The van der Waals surface area contributed by atoms with Crippen molar-refractivity contribution in [3.8, 4) is 5.75 Å². The van der Waals surface area contributed by atoms with E-state index in [0.717, 1.165) is 92.4 Å². The molecule has 2 aromatic rings. The van der Waals surface area contributed by atoms with Crippen molar-refractivity contribution < 1.29 is 14.3 Å². The number of para-hydroxylation sites is 1. The zero-order chi connectivity index (χ0) is 20.9. The molecule has 0 spiro atoms. The van der Waals surface area contributed by atoms with E-state index in [9.17, 15) is 4.79 Å². The lowest BCUT2D eigenvalue weighted by Gasteiger charge is -2.34. The smallest absolute Gasteiger partial charge is 0.222 e. The number of rotatable bonds is 8. The Morgan fingerprint density at radius 1 is 1.17 bits per heavy atom. The maximum Gasteiger partial charge on any atom is 0.222 e. The second-order valence-electron chi connectivity index (χ2n) is 8.66. The Morgan fingerprint density at radius 3 is 2.70 bits per heavy atom. The standard InChI is InChI=1S/C25H34N2O3/c1-3-4-16-29-25-18(2)23(26-22-9-6-5-8-21(22)25)17-30-20-13-11-19(12-14-20)27-15-7-10-24(27)28/h5-6,8-9,19-20H,3-4,7,10-17H2,1-2H3. The molecule has 1 aromatic carbocycles. The summed E-state index contributed by atoms with van der Waals surface area (Å²) in [4.78, 5) is 19.0. The highest BCUT2D eigenvalue weighted by Crippen LogP contribution is 2.32. The first-order chi connectivity index (χ1) is 14.7. The number of likely N-dealkylation sites (tertiary alicyclic amines) is 1. The van der Waals surface area contributed by atoms with Crippen LogP contribution in [0.1, 0.15) is 69.5 Å². The summed E-state index contributed by atoms with van der Waals surface area (Å²) in [7, 11) is 0. The third-order valence-corrected chi connectivity index (χ3v) is 6.57. The van der Waals surface area contributed by atoms with Gasteiger partial charge in [0.15, 0.2) is 0 Å². The Kier molecular flexibility index (Phi) is 6.88. The summed E-state index contributed by atoms with van der Waals surface area (Å²) in [6, 6.07) is 8.60. The van der Waals surface area contributed by atoms with Gasteiger partial charge in [-0.15, -0.1) is 0 Å². The summed E-state index contributed by atoms with van der Waals surface area (Å²) in [5.74, 6) is 1.29. The van der Waals surface area contributed by atoms with Crippen molar-refractivity contribution in [2.24, 2.45) is 0 Å². The van der Waals surface area contributed by atoms with Crippen LogP contribution in [0.2, 0.25) is 0 Å². The lowest BCUT2D eigenvalue weighted by molar-refractivity contribution is -0.131. The number of aromatic nitrogens is 1. The first-order valence-electron chi connectivity index (χ1n) is 11.6. The summed E-state index contributed by atoms with van der Waals surface area (Å²) >= 11 is 0.